The number of anilines is 2. The molecular formula is C11H7ClIN3O. The number of hydrogen-bond acceptors (Lipinski definition) is 4. The first-order chi connectivity index (χ1) is 8.20. The van der Waals surface area contributed by atoms with Crippen LogP contribution in [-0.4, -0.2) is 16.3 Å². The van der Waals surface area contributed by atoms with Gasteiger partial charge < -0.3 is 5.32 Å². The molecule has 0 atom stereocenters. The van der Waals surface area contributed by atoms with Crippen LogP contribution in [0.1, 0.15) is 10.4 Å². The summed E-state index contributed by atoms with van der Waals surface area (Å²) in [4.78, 5) is 18.6. The molecule has 0 radical (unpaired) electrons. The van der Waals surface area contributed by atoms with Gasteiger partial charge in [0.2, 0.25) is 0 Å². The monoisotopic (exact) mass is 359 g/mol. The van der Waals surface area contributed by atoms with Gasteiger partial charge in [-0.15, -0.1) is 0 Å². The lowest BCUT2D eigenvalue weighted by molar-refractivity contribution is 0.112. The molecule has 0 aliphatic heterocycles. The number of carbonyl (C=O) groups is 1. The highest BCUT2D eigenvalue weighted by Crippen LogP contribution is 2.22. The summed E-state index contributed by atoms with van der Waals surface area (Å²) in [6, 6.07) is 7.69. The third kappa shape index (κ3) is 2.92. The summed E-state index contributed by atoms with van der Waals surface area (Å²) < 4.78 is 1.13. The highest BCUT2D eigenvalue weighted by molar-refractivity contribution is 14.1. The molecule has 0 saturated heterocycles. The highest BCUT2D eigenvalue weighted by atomic mass is 127. The number of nitrogens with zero attached hydrogens (tertiary/aromatic N) is 2. The molecule has 0 saturated carbocycles. The van der Waals surface area contributed by atoms with Gasteiger partial charge in [-0.1, -0.05) is 11.6 Å². The standard InChI is InChI=1S/C11H7ClIN3O/c12-10-9(5-17)11(15-6-14-10)16-8-3-1-7(13)2-4-8/h1-6H,(H,14,15,16). The van der Waals surface area contributed by atoms with E-state index in [1.165, 1.54) is 6.33 Å². The van der Waals surface area contributed by atoms with Crippen LogP contribution >= 0.6 is 34.2 Å². The maximum Gasteiger partial charge on any atom is 0.156 e. The molecule has 0 amide bonds. The molecule has 0 bridgehead atoms. The largest absolute Gasteiger partial charge is 0.339 e. The smallest absolute Gasteiger partial charge is 0.156 e. The molecule has 2 aromatic rings. The number of halogens is 2. The normalized spacial score (nSPS) is 10.0. The van der Waals surface area contributed by atoms with E-state index in [4.69, 9.17) is 11.6 Å². The maximum atomic E-state index is 10.9. The van der Waals surface area contributed by atoms with Crippen LogP contribution in [0.2, 0.25) is 5.15 Å². The van der Waals surface area contributed by atoms with Crippen molar-refractivity contribution in [2.24, 2.45) is 0 Å². The zero-order chi connectivity index (χ0) is 12.3. The second kappa shape index (κ2) is 5.42. The molecule has 1 heterocycles. The van der Waals surface area contributed by atoms with E-state index in [1.807, 2.05) is 24.3 Å². The zero-order valence-corrected chi connectivity index (χ0v) is 11.4. The molecule has 0 fully saturated rings. The molecule has 17 heavy (non-hydrogen) atoms. The van der Waals surface area contributed by atoms with Gasteiger partial charge in [-0.25, -0.2) is 9.97 Å². The van der Waals surface area contributed by atoms with Crippen LogP contribution < -0.4 is 5.32 Å². The minimum Gasteiger partial charge on any atom is -0.339 e. The lowest BCUT2D eigenvalue weighted by Gasteiger charge is -2.07. The van der Waals surface area contributed by atoms with Crippen molar-refractivity contribution in [3.8, 4) is 0 Å². The zero-order valence-electron chi connectivity index (χ0n) is 8.52. The molecule has 2 rings (SSSR count). The predicted molar refractivity (Wildman–Crippen MR) is 74.9 cm³/mol. The molecule has 6 heteroatoms. The Bertz CT molecular complexity index is 545. The van der Waals surface area contributed by atoms with Crippen molar-refractivity contribution < 1.29 is 4.79 Å². The molecule has 0 aliphatic rings. The molecule has 0 aliphatic carbocycles. The summed E-state index contributed by atoms with van der Waals surface area (Å²) in [5, 5.41) is 3.16. The summed E-state index contributed by atoms with van der Waals surface area (Å²) >= 11 is 8.01. The number of rotatable bonds is 3. The highest BCUT2D eigenvalue weighted by Gasteiger charge is 2.08. The van der Waals surface area contributed by atoms with Gasteiger partial charge in [-0.05, 0) is 46.9 Å². The summed E-state index contributed by atoms with van der Waals surface area (Å²) in [5.41, 5.74) is 1.09. The number of hydrogen-bond donors (Lipinski definition) is 1. The second-order valence-electron chi connectivity index (χ2n) is 3.18. The Morgan fingerprint density at radius 1 is 1.24 bits per heavy atom. The number of carbonyl (C=O) groups excluding carboxylic acids is 1. The van der Waals surface area contributed by atoms with Gasteiger partial charge in [0, 0.05) is 9.26 Å². The Balaban J connectivity index is 2.33. The van der Waals surface area contributed by atoms with Crippen LogP contribution in [-0.2, 0) is 0 Å². The van der Waals surface area contributed by atoms with E-state index >= 15 is 0 Å². The van der Waals surface area contributed by atoms with E-state index < -0.39 is 0 Å². The maximum absolute atomic E-state index is 10.9. The average Bonchev–Trinajstić information content (AvgIpc) is 2.32. The molecular weight excluding hydrogens is 352 g/mol. The minimum absolute atomic E-state index is 0.142. The van der Waals surface area contributed by atoms with Crippen LogP contribution in [0.25, 0.3) is 0 Å². The van der Waals surface area contributed by atoms with Crippen molar-refractivity contribution >= 4 is 52.0 Å². The first kappa shape index (κ1) is 12.3. The molecule has 4 nitrogen and oxygen atoms in total. The molecule has 1 aromatic carbocycles. The SMILES string of the molecule is O=Cc1c(Cl)ncnc1Nc1ccc(I)cc1. The second-order valence-corrected chi connectivity index (χ2v) is 4.78. The lowest BCUT2D eigenvalue weighted by Crippen LogP contribution is -2.00. The first-order valence-corrected chi connectivity index (χ1v) is 6.14. The fourth-order valence-electron chi connectivity index (χ4n) is 1.25. The van der Waals surface area contributed by atoms with E-state index in [9.17, 15) is 4.79 Å². The Kier molecular flexibility index (Phi) is 3.90. The quantitative estimate of drug-likeness (QED) is 0.519. The summed E-state index contributed by atoms with van der Waals surface area (Å²) in [6.07, 6.45) is 1.95. The van der Waals surface area contributed by atoms with Crippen molar-refractivity contribution in [2.45, 2.75) is 0 Å². The molecule has 86 valence electrons. The lowest BCUT2D eigenvalue weighted by atomic mass is 10.3. The molecule has 1 N–H and O–H groups in total. The van der Waals surface area contributed by atoms with Crippen molar-refractivity contribution in [1.82, 2.24) is 9.97 Å². The van der Waals surface area contributed by atoms with Crippen LogP contribution in [0.15, 0.2) is 30.6 Å². The number of aldehydes is 1. The van der Waals surface area contributed by atoms with Gasteiger partial charge >= 0.3 is 0 Å². The average molecular weight is 360 g/mol. The Morgan fingerprint density at radius 3 is 2.59 bits per heavy atom. The summed E-state index contributed by atoms with van der Waals surface area (Å²) in [6.45, 7) is 0. The minimum atomic E-state index is 0.142. The first-order valence-electron chi connectivity index (χ1n) is 4.69. The van der Waals surface area contributed by atoms with Crippen molar-refractivity contribution in [3.63, 3.8) is 0 Å². The van der Waals surface area contributed by atoms with E-state index in [1.54, 1.807) is 0 Å². The number of aromatic nitrogens is 2. The predicted octanol–water partition coefficient (Wildman–Crippen LogP) is 3.29. The fraction of sp³-hybridized carbons (Fsp3) is 0. The van der Waals surface area contributed by atoms with Gasteiger partial charge in [-0.2, -0.15) is 0 Å². The van der Waals surface area contributed by atoms with Gasteiger partial charge in [0.1, 0.15) is 17.3 Å². The van der Waals surface area contributed by atoms with Crippen LogP contribution in [0, 0.1) is 3.57 Å². The summed E-state index contributed by atoms with van der Waals surface area (Å²) in [5.74, 6) is 0.404. The Labute approximate surface area is 117 Å². The van der Waals surface area contributed by atoms with E-state index in [0.717, 1.165) is 9.26 Å². The number of nitrogens with one attached hydrogen (secondary N) is 1. The van der Waals surface area contributed by atoms with Gasteiger partial charge in [-0.3, -0.25) is 4.79 Å². The Morgan fingerprint density at radius 2 is 1.94 bits per heavy atom. The van der Waals surface area contributed by atoms with Crippen LogP contribution in [0.3, 0.4) is 0 Å². The third-order valence-corrected chi connectivity index (χ3v) is 3.08. The van der Waals surface area contributed by atoms with Crippen LogP contribution in [0.4, 0.5) is 11.5 Å². The van der Waals surface area contributed by atoms with Crippen molar-refractivity contribution in [1.29, 1.82) is 0 Å². The van der Waals surface area contributed by atoms with Gasteiger partial charge in [0.15, 0.2) is 6.29 Å². The third-order valence-electron chi connectivity index (χ3n) is 2.06. The molecule has 1 aromatic heterocycles. The summed E-state index contributed by atoms with van der Waals surface area (Å²) in [7, 11) is 0. The number of benzene rings is 1. The van der Waals surface area contributed by atoms with Crippen molar-refractivity contribution in [2.75, 3.05) is 5.32 Å². The topological polar surface area (TPSA) is 54.9 Å². The van der Waals surface area contributed by atoms with Gasteiger partial charge in [0.05, 0.1) is 5.56 Å². The molecule has 0 unspecified atom stereocenters. The van der Waals surface area contributed by atoms with Gasteiger partial charge in [0.25, 0.3) is 0 Å². The Hall–Kier alpha value is -1.21. The van der Waals surface area contributed by atoms with Crippen LogP contribution in [0.5, 0.6) is 0 Å². The van der Waals surface area contributed by atoms with E-state index in [2.05, 4.69) is 37.9 Å². The molecule has 0 spiro atoms. The fourth-order valence-corrected chi connectivity index (χ4v) is 1.79. The van der Waals surface area contributed by atoms with E-state index in [-0.39, 0.29) is 10.7 Å². The van der Waals surface area contributed by atoms with E-state index in [0.29, 0.717) is 12.1 Å². The van der Waals surface area contributed by atoms with Crippen molar-refractivity contribution in [3.05, 3.63) is 44.9 Å².